The maximum Gasteiger partial charge on any atom is 0.309 e. The Bertz CT molecular complexity index is 1370. The second-order valence-corrected chi connectivity index (χ2v) is 18.5. The topological polar surface area (TPSA) is 159 Å². The molecule has 0 aromatic rings. The minimum absolute atomic E-state index is 0.0235. The van der Waals surface area contributed by atoms with Crippen LogP contribution >= 0.6 is 0 Å². The molecule has 0 saturated carbocycles. The van der Waals surface area contributed by atoms with Crippen molar-refractivity contribution < 1.29 is 58.1 Å². The maximum atomic E-state index is 14.6. The van der Waals surface area contributed by atoms with Gasteiger partial charge >= 0.3 is 5.97 Å². The summed E-state index contributed by atoms with van der Waals surface area (Å²) in [5, 5.41) is 32.7. The molecule has 12 heteroatoms. The summed E-state index contributed by atoms with van der Waals surface area (Å²) in [5.41, 5.74) is -1.59. The van der Waals surface area contributed by atoms with Crippen LogP contribution < -0.4 is 0 Å². The van der Waals surface area contributed by atoms with Crippen LogP contribution in [0.15, 0.2) is 12.2 Å². The van der Waals surface area contributed by atoms with E-state index < -0.39 is 70.9 Å². The van der Waals surface area contributed by atoms with Gasteiger partial charge in [-0.2, -0.15) is 0 Å². The van der Waals surface area contributed by atoms with Crippen LogP contribution in [0.25, 0.3) is 0 Å². The number of ketones is 1. The molecule has 5 rings (SSSR count). The van der Waals surface area contributed by atoms with Crippen molar-refractivity contribution in [2.24, 2.45) is 41.4 Å². The Labute approximate surface area is 335 Å². The lowest BCUT2D eigenvalue weighted by molar-refractivity contribution is -0.413. The van der Waals surface area contributed by atoms with Gasteiger partial charge in [0.25, 0.3) is 0 Å². The molecule has 3 N–H and O–H groups in total. The molecule has 4 saturated heterocycles. The van der Waals surface area contributed by atoms with Crippen molar-refractivity contribution in [3.05, 3.63) is 12.2 Å². The highest BCUT2D eigenvalue weighted by Gasteiger charge is 2.63. The number of aliphatic carboxylic acids is 1. The van der Waals surface area contributed by atoms with Gasteiger partial charge in [0.05, 0.1) is 53.7 Å². The summed E-state index contributed by atoms with van der Waals surface area (Å²) in [6, 6.07) is 0. The van der Waals surface area contributed by atoms with Crippen molar-refractivity contribution in [1.82, 2.24) is 0 Å². The van der Waals surface area contributed by atoms with Gasteiger partial charge in [0.2, 0.25) is 5.79 Å². The molecule has 0 radical (unpaired) electrons. The highest BCUT2D eigenvalue weighted by Crippen LogP contribution is 2.54. The molecule has 56 heavy (non-hydrogen) atoms. The average molecular weight is 795 g/mol. The number of hydrogen-bond acceptors (Lipinski definition) is 11. The molecule has 0 aliphatic carbocycles. The SMILES string of the molecule is CC[C@@H](C(=O)[C@@H](C)[C@@H](O)[C@H](C)[C@@H]1O[C@@H]([C@@H](CC)C(=O)O)CC[C@@H]1C)[C@H]1O[C@]2(C=C[C@@H](OCOC)[C@]3(CC[C@@](C)([C@H]4CC[C@](O)(CC)[C@H](C)O4)O3)O2)[C@H](C)C[C@@H]1C. The Morgan fingerprint density at radius 3 is 2.21 bits per heavy atom. The van der Waals surface area contributed by atoms with E-state index in [1.165, 1.54) is 0 Å². The minimum Gasteiger partial charge on any atom is -0.481 e. The molecule has 4 fully saturated rings. The molecular weight excluding hydrogens is 720 g/mol. The fourth-order valence-corrected chi connectivity index (χ4v) is 10.8. The first-order valence-corrected chi connectivity index (χ1v) is 21.7. The zero-order valence-electron chi connectivity index (χ0n) is 36.0. The Morgan fingerprint density at radius 1 is 0.911 bits per heavy atom. The highest BCUT2D eigenvalue weighted by molar-refractivity contribution is 5.84. The van der Waals surface area contributed by atoms with Crippen LogP contribution in [0.4, 0.5) is 0 Å². The molecule has 18 atom stereocenters. The predicted molar refractivity (Wildman–Crippen MR) is 209 cm³/mol. The van der Waals surface area contributed by atoms with Gasteiger partial charge in [0.1, 0.15) is 18.7 Å². The minimum atomic E-state index is -1.22. The molecule has 2 spiro atoms. The monoisotopic (exact) mass is 795 g/mol. The standard InChI is InChI=1S/C44H74O12/c1-12-31(40(47)48)33-16-15-25(4)38(53-33)29(8)36(45)28(7)37(46)32(13-2)39-26(5)23-27(6)43(54-39)20-18-35(51-24-50-11)44(56-43)22-21-41(10,55-44)34-17-19-42(49,14-3)30(9)52-34/h18,20,25-36,38-39,45,49H,12-17,19,21-24H2,1-11H3,(H,47,48)/t25-,26-,27+,28-,29-,30-,31+,32-,33+,34+,35+,36+,38+,39-,41-,42+,43-,44-/m0/s1. The second-order valence-electron chi connectivity index (χ2n) is 18.5. The van der Waals surface area contributed by atoms with Gasteiger partial charge in [-0.25, -0.2) is 0 Å². The van der Waals surface area contributed by atoms with Crippen molar-refractivity contribution in [2.75, 3.05) is 13.9 Å². The number of Topliss-reactive ketones (excluding diaryl/α,β-unsaturated/α-hetero) is 1. The third kappa shape index (κ3) is 8.71. The van der Waals surface area contributed by atoms with Gasteiger partial charge < -0.3 is 48.5 Å². The van der Waals surface area contributed by atoms with Crippen LogP contribution in [-0.4, -0.2) is 106 Å². The van der Waals surface area contributed by atoms with Gasteiger partial charge in [-0.05, 0) is 95.6 Å². The lowest BCUT2D eigenvalue weighted by atomic mass is 9.72. The van der Waals surface area contributed by atoms with Crippen molar-refractivity contribution >= 4 is 11.8 Å². The molecule has 5 heterocycles. The molecule has 322 valence electrons. The number of aliphatic hydroxyl groups excluding tert-OH is 1. The van der Waals surface area contributed by atoms with Crippen molar-refractivity contribution in [2.45, 2.75) is 199 Å². The maximum absolute atomic E-state index is 14.6. The van der Waals surface area contributed by atoms with Crippen molar-refractivity contribution in [1.29, 1.82) is 0 Å². The Morgan fingerprint density at radius 2 is 1.61 bits per heavy atom. The number of hydrogen-bond donors (Lipinski definition) is 3. The van der Waals surface area contributed by atoms with E-state index in [1.807, 2.05) is 46.8 Å². The zero-order chi connectivity index (χ0) is 41.4. The molecule has 0 unspecified atom stereocenters. The van der Waals surface area contributed by atoms with E-state index in [1.54, 1.807) is 14.0 Å². The molecular formula is C44H74O12. The normalized spacial score (nSPS) is 44.3. The van der Waals surface area contributed by atoms with Crippen molar-refractivity contribution in [3.63, 3.8) is 0 Å². The van der Waals surface area contributed by atoms with Crippen LogP contribution in [0, 0.1) is 41.4 Å². The quantitative estimate of drug-likeness (QED) is 0.118. The Hall–Kier alpha value is -1.48. The van der Waals surface area contributed by atoms with Crippen LogP contribution in [0.1, 0.15) is 133 Å². The predicted octanol–water partition coefficient (Wildman–Crippen LogP) is 6.82. The van der Waals surface area contributed by atoms with Gasteiger partial charge in [0, 0.05) is 37.2 Å². The molecule has 5 aliphatic rings. The molecule has 0 amide bonds. The van der Waals surface area contributed by atoms with E-state index in [0.29, 0.717) is 51.4 Å². The zero-order valence-corrected chi connectivity index (χ0v) is 36.0. The number of carboxylic acid groups (broad SMARTS) is 1. The number of carbonyl (C=O) groups excluding carboxylic acids is 1. The van der Waals surface area contributed by atoms with Gasteiger partial charge in [-0.1, -0.05) is 55.4 Å². The largest absolute Gasteiger partial charge is 0.481 e. The summed E-state index contributed by atoms with van der Waals surface area (Å²) in [4.78, 5) is 26.5. The van der Waals surface area contributed by atoms with E-state index in [4.69, 9.17) is 33.2 Å². The van der Waals surface area contributed by atoms with Gasteiger partial charge in [-0.15, -0.1) is 0 Å². The summed E-state index contributed by atoms with van der Waals surface area (Å²) >= 11 is 0. The fourth-order valence-electron chi connectivity index (χ4n) is 10.8. The number of carbonyl (C=O) groups is 2. The molecule has 5 aliphatic heterocycles. The molecule has 12 nitrogen and oxygen atoms in total. The van der Waals surface area contributed by atoms with Gasteiger partial charge in [0.15, 0.2) is 5.79 Å². The van der Waals surface area contributed by atoms with Crippen LogP contribution in [0.5, 0.6) is 0 Å². The average Bonchev–Trinajstić information content (AvgIpc) is 3.51. The number of methoxy groups -OCH3 is 1. The van der Waals surface area contributed by atoms with Crippen molar-refractivity contribution in [3.8, 4) is 0 Å². The fraction of sp³-hybridized carbons (Fsp3) is 0.909. The first kappa shape index (κ1) is 45.6. The van der Waals surface area contributed by atoms with Crippen LogP contribution in [-0.2, 0) is 42.7 Å². The molecule has 0 aromatic carbocycles. The second kappa shape index (κ2) is 18.0. The summed E-state index contributed by atoms with van der Waals surface area (Å²) < 4.78 is 45.8. The first-order valence-electron chi connectivity index (χ1n) is 21.7. The lowest BCUT2D eigenvalue weighted by Gasteiger charge is -2.54. The third-order valence-corrected chi connectivity index (χ3v) is 14.8. The number of carboxylic acids is 1. The number of rotatable bonds is 15. The van der Waals surface area contributed by atoms with Gasteiger partial charge in [-0.3, -0.25) is 9.59 Å². The smallest absolute Gasteiger partial charge is 0.309 e. The van der Waals surface area contributed by atoms with E-state index >= 15 is 0 Å². The summed E-state index contributed by atoms with van der Waals surface area (Å²) in [6.07, 6.45) is 6.61. The van der Waals surface area contributed by atoms with E-state index in [-0.39, 0.29) is 54.6 Å². The van der Waals surface area contributed by atoms with E-state index in [9.17, 15) is 24.9 Å². The summed E-state index contributed by atoms with van der Waals surface area (Å²) in [5.74, 6) is -5.53. The molecule has 0 bridgehead atoms. The molecule has 0 aromatic heterocycles. The third-order valence-electron chi connectivity index (χ3n) is 14.8. The first-order chi connectivity index (χ1) is 26.3. The highest BCUT2D eigenvalue weighted by atomic mass is 16.8. The number of aliphatic hydroxyl groups is 2. The lowest BCUT2D eigenvalue weighted by Crippen LogP contribution is -2.63. The Kier molecular flexibility index (Phi) is 14.7. The Balaban J connectivity index is 1.35. The van der Waals surface area contributed by atoms with Crippen LogP contribution in [0.3, 0.4) is 0 Å². The number of ether oxygens (including phenoxy) is 7. The van der Waals surface area contributed by atoms with E-state index in [0.717, 1.165) is 12.8 Å². The van der Waals surface area contributed by atoms with Crippen LogP contribution in [0.2, 0.25) is 0 Å². The summed E-state index contributed by atoms with van der Waals surface area (Å²) in [7, 11) is 1.58. The summed E-state index contributed by atoms with van der Waals surface area (Å²) in [6.45, 7) is 19.9. The van der Waals surface area contributed by atoms with E-state index in [2.05, 4.69) is 27.7 Å².